The van der Waals surface area contributed by atoms with E-state index >= 15 is 0 Å². The van der Waals surface area contributed by atoms with Gasteiger partial charge in [0.15, 0.2) is 0 Å². The van der Waals surface area contributed by atoms with E-state index in [-0.39, 0.29) is 24.2 Å². The fourth-order valence-corrected chi connectivity index (χ4v) is 4.27. The Morgan fingerprint density at radius 1 is 1.40 bits per heavy atom. The number of carboxylic acids is 1. The highest BCUT2D eigenvalue weighted by molar-refractivity contribution is 5.82. The molecule has 5 heteroatoms. The molecule has 142 valence electrons. The van der Waals surface area contributed by atoms with Gasteiger partial charge in [-0.2, -0.15) is 0 Å². The lowest BCUT2D eigenvalue weighted by molar-refractivity contribution is -0.142. The maximum atomic E-state index is 12.6. The lowest BCUT2D eigenvalue weighted by Gasteiger charge is -2.19. The minimum absolute atomic E-state index is 0.153. The Hall–Kier alpha value is -1.20. The van der Waals surface area contributed by atoms with E-state index in [1.54, 1.807) is 0 Å². The van der Waals surface area contributed by atoms with Crippen LogP contribution >= 0.6 is 0 Å². The van der Waals surface area contributed by atoms with Crippen molar-refractivity contribution in [2.24, 2.45) is 23.7 Å². The minimum Gasteiger partial charge on any atom is -0.480 e. The van der Waals surface area contributed by atoms with Gasteiger partial charge in [-0.3, -0.25) is 4.79 Å². The first-order chi connectivity index (χ1) is 11.9. The number of hydrogen-bond donors (Lipinski definition) is 2. The van der Waals surface area contributed by atoms with E-state index in [9.17, 15) is 14.7 Å². The van der Waals surface area contributed by atoms with Crippen LogP contribution in [0.3, 0.4) is 0 Å². The number of rotatable bonds is 11. The summed E-state index contributed by atoms with van der Waals surface area (Å²) < 4.78 is 5.10. The number of fused-ring (bicyclic) bond motifs is 1. The largest absolute Gasteiger partial charge is 0.480 e. The molecule has 5 nitrogen and oxygen atoms in total. The molecule has 0 aromatic carbocycles. The summed E-state index contributed by atoms with van der Waals surface area (Å²) in [6.45, 7) is 4.51. The SMILES string of the molecule is CCC(C)CCCC(=O)[C@H]1[C@@H]2C=C(CCOCC(=O)O)C[C@@H]2C[C@@H]1O. The van der Waals surface area contributed by atoms with Crippen LogP contribution in [0.25, 0.3) is 0 Å². The molecule has 2 aliphatic carbocycles. The smallest absolute Gasteiger partial charge is 0.329 e. The number of carbonyl (C=O) groups is 2. The Bertz CT molecular complexity index is 498. The summed E-state index contributed by atoms with van der Waals surface area (Å²) in [7, 11) is 0. The van der Waals surface area contributed by atoms with E-state index in [1.165, 1.54) is 5.57 Å². The number of hydrogen-bond acceptors (Lipinski definition) is 4. The Kier molecular flexibility index (Phi) is 7.63. The van der Waals surface area contributed by atoms with E-state index < -0.39 is 12.1 Å². The molecule has 0 saturated heterocycles. The van der Waals surface area contributed by atoms with Crippen LogP contribution in [0.15, 0.2) is 11.6 Å². The van der Waals surface area contributed by atoms with E-state index in [4.69, 9.17) is 9.84 Å². The molecule has 1 saturated carbocycles. The summed E-state index contributed by atoms with van der Waals surface area (Å²) in [6.07, 6.45) is 7.65. The van der Waals surface area contributed by atoms with Crippen molar-refractivity contribution in [1.82, 2.24) is 0 Å². The van der Waals surface area contributed by atoms with Crippen LogP contribution in [0.5, 0.6) is 0 Å². The average molecular weight is 352 g/mol. The van der Waals surface area contributed by atoms with Crippen LogP contribution in [0.2, 0.25) is 0 Å². The average Bonchev–Trinajstić information content (AvgIpc) is 3.06. The summed E-state index contributed by atoms with van der Waals surface area (Å²) in [4.78, 5) is 23.1. The zero-order valence-corrected chi connectivity index (χ0v) is 15.4. The van der Waals surface area contributed by atoms with Crippen LogP contribution in [-0.2, 0) is 14.3 Å². The molecule has 2 rings (SSSR count). The Morgan fingerprint density at radius 3 is 2.84 bits per heavy atom. The normalized spacial score (nSPS) is 29.3. The standard InChI is InChI=1S/C20H32O5/c1-3-13(2)5-4-6-17(21)20-16-10-14(7-8-25-12-19(23)24)9-15(16)11-18(20)22/h10,13,15-16,18,20,22H,3-9,11-12H2,1-2H3,(H,23,24)/t13?,15-,16-,18+,20-/m1/s1. The van der Waals surface area contributed by atoms with Crippen LogP contribution < -0.4 is 0 Å². The second-order valence-electron chi connectivity index (χ2n) is 7.76. The molecule has 1 fully saturated rings. The fraction of sp³-hybridized carbons (Fsp3) is 0.800. The molecule has 2 N–H and O–H groups in total. The Labute approximate surface area is 150 Å². The first kappa shape index (κ1) is 20.1. The molecule has 2 aliphatic rings. The van der Waals surface area contributed by atoms with Crippen molar-refractivity contribution < 1.29 is 24.5 Å². The first-order valence-electron chi connectivity index (χ1n) is 9.62. The van der Waals surface area contributed by atoms with Crippen molar-refractivity contribution >= 4 is 11.8 Å². The summed E-state index contributed by atoms with van der Waals surface area (Å²) in [5.74, 6) is 0.164. The van der Waals surface area contributed by atoms with Gasteiger partial charge < -0.3 is 14.9 Å². The lowest BCUT2D eigenvalue weighted by atomic mass is 9.86. The van der Waals surface area contributed by atoms with Crippen molar-refractivity contribution in [2.75, 3.05) is 13.2 Å². The predicted octanol–water partition coefficient (Wildman–Crippen LogP) is 3.21. The molecule has 1 unspecified atom stereocenters. The van der Waals surface area contributed by atoms with Gasteiger partial charge in [-0.25, -0.2) is 4.79 Å². The maximum Gasteiger partial charge on any atom is 0.329 e. The minimum atomic E-state index is -0.955. The first-order valence-corrected chi connectivity index (χ1v) is 9.62. The number of ketones is 1. The van der Waals surface area contributed by atoms with Crippen molar-refractivity contribution in [1.29, 1.82) is 0 Å². The number of aliphatic carboxylic acids is 1. The maximum absolute atomic E-state index is 12.6. The molecule has 0 radical (unpaired) electrons. The molecule has 0 bridgehead atoms. The highest BCUT2D eigenvalue weighted by Gasteiger charge is 2.47. The lowest BCUT2D eigenvalue weighted by Crippen LogP contribution is -2.27. The number of carbonyl (C=O) groups excluding carboxylic acids is 1. The van der Waals surface area contributed by atoms with Crippen molar-refractivity contribution in [3.63, 3.8) is 0 Å². The van der Waals surface area contributed by atoms with E-state index in [0.717, 1.165) is 25.7 Å². The Morgan fingerprint density at radius 2 is 2.16 bits per heavy atom. The molecule has 0 aliphatic heterocycles. The molecule has 0 aromatic heterocycles. The van der Waals surface area contributed by atoms with E-state index in [1.807, 2.05) is 0 Å². The molecular weight excluding hydrogens is 320 g/mol. The van der Waals surface area contributed by atoms with Gasteiger partial charge in [0.1, 0.15) is 12.4 Å². The third-order valence-electron chi connectivity index (χ3n) is 5.85. The number of aliphatic hydroxyl groups excluding tert-OH is 1. The zero-order chi connectivity index (χ0) is 18.4. The molecule has 0 spiro atoms. The Balaban J connectivity index is 1.83. The predicted molar refractivity (Wildman–Crippen MR) is 95.2 cm³/mol. The highest BCUT2D eigenvalue weighted by atomic mass is 16.5. The number of ether oxygens (including phenoxy) is 1. The van der Waals surface area contributed by atoms with Crippen LogP contribution in [0.4, 0.5) is 0 Å². The van der Waals surface area contributed by atoms with Gasteiger partial charge in [-0.15, -0.1) is 0 Å². The van der Waals surface area contributed by atoms with Crippen molar-refractivity contribution in [3.8, 4) is 0 Å². The van der Waals surface area contributed by atoms with Crippen LogP contribution in [-0.4, -0.2) is 41.3 Å². The van der Waals surface area contributed by atoms with Crippen LogP contribution in [0, 0.1) is 23.7 Å². The van der Waals surface area contributed by atoms with Gasteiger partial charge in [0.05, 0.1) is 18.6 Å². The molecule has 25 heavy (non-hydrogen) atoms. The summed E-state index contributed by atoms with van der Waals surface area (Å²) in [5, 5.41) is 18.9. The second kappa shape index (κ2) is 9.48. The number of carboxylic acid groups (broad SMARTS) is 1. The van der Waals surface area contributed by atoms with Crippen LogP contribution in [0.1, 0.15) is 58.8 Å². The molecule has 0 heterocycles. The third-order valence-corrected chi connectivity index (χ3v) is 5.85. The quantitative estimate of drug-likeness (QED) is 0.441. The van der Waals surface area contributed by atoms with E-state index in [2.05, 4.69) is 19.9 Å². The van der Waals surface area contributed by atoms with E-state index in [0.29, 0.717) is 37.7 Å². The van der Waals surface area contributed by atoms with Crippen molar-refractivity contribution in [3.05, 3.63) is 11.6 Å². The molecule has 5 atom stereocenters. The topological polar surface area (TPSA) is 83.8 Å². The van der Waals surface area contributed by atoms with Gasteiger partial charge in [0.25, 0.3) is 0 Å². The molecule has 0 amide bonds. The van der Waals surface area contributed by atoms with Gasteiger partial charge in [0.2, 0.25) is 0 Å². The number of allylic oxidation sites excluding steroid dienone is 1. The number of aliphatic hydroxyl groups is 1. The molecule has 0 aromatic rings. The fourth-order valence-electron chi connectivity index (χ4n) is 4.27. The number of Topliss-reactive ketones (excluding diaryl/α,β-unsaturated/α-hetero) is 1. The van der Waals surface area contributed by atoms with Gasteiger partial charge >= 0.3 is 5.97 Å². The summed E-state index contributed by atoms with van der Waals surface area (Å²) in [6, 6.07) is 0. The monoisotopic (exact) mass is 352 g/mol. The summed E-state index contributed by atoms with van der Waals surface area (Å²) in [5.41, 5.74) is 1.24. The zero-order valence-electron chi connectivity index (χ0n) is 15.4. The third kappa shape index (κ3) is 5.65. The summed E-state index contributed by atoms with van der Waals surface area (Å²) >= 11 is 0. The van der Waals surface area contributed by atoms with Gasteiger partial charge in [-0.1, -0.05) is 38.3 Å². The van der Waals surface area contributed by atoms with Gasteiger partial charge in [-0.05, 0) is 43.4 Å². The highest BCUT2D eigenvalue weighted by Crippen LogP contribution is 2.48. The second-order valence-corrected chi connectivity index (χ2v) is 7.76. The molecular formula is C20H32O5. The van der Waals surface area contributed by atoms with Gasteiger partial charge in [0, 0.05) is 6.42 Å². The van der Waals surface area contributed by atoms with Crippen molar-refractivity contribution in [2.45, 2.75) is 64.9 Å².